The Labute approximate surface area is 143 Å². The summed E-state index contributed by atoms with van der Waals surface area (Å²) >= 11 is 0. The maximum absolute atomic E-state index is 12.3. The molecule has 0 aliphatic carbocycles. The minimum Gasteiger partial charge on any atom is -0.445 e. The number of methoxy groups -OCH3 is 1. The van der Waals surface area contributed by atoms with Crippen LogP contribution in [0.3, 0.4) is 0 Å². The molecule has 6 heteroatoms. The number of carbonyl (C=O) groups is 2. The average Bonchev–Trinajstić information content (AvgIpc) is 2.61. The van der Waals surface area contributed by atoms with Crippen LogP contribution in [-0.2, 0) is 20.9 Å². The maximum atomic E-state index is 12.3. The molecule has 0 spiro atoms. The number of carbonyl (C=O) groups excluding carboxylic acids is 2. The van der Waals surface area contributed by atoms with Crippen molar-refractivity contribution in [3.63, 3.8) is 0 Å². The van der Waals surface area contributed by atoms with Crippen LogP contribution < -0.4 is 10.6 Å². The topological polar surface area (TPSA) is 76.7 Å². The molecule has 0 aliphatic heterocycles. The van der Waals surface area contributed by atoms with E-state index < -0.39 is 12.1 Å². The fourth-order valence-electron chi connectivity index (χ4n) is 2.13. The Balaban J connectivity index is 2.48. The maximum Gasteiger partial charge on any atom is 0.408 e. The van der Waals surface area contributed by atoms with Gasteiger partial charge in [-0.1, -0.05) is 50.6 Å². The largest absolute Gasteiger partial charge is 0.445 e. The number of ether oxygens (including phenoxy) is 2. The lowest BCUT2D eigenvalue weighted by Crippen LogP contribution is -2.50. The van der Waals surface area contributed by atoms with E-state index in [4.69, 9.17) is 9.47 Å². The van der Waals surface area contributed by atoms with E-state index in [0.29, 0.717) is 13.2 Å². The van der Waals surface area contributed by atoms with Gasteiger partial charge in [-0.15, -0.1) is 0 Å². The van der Waals surface area contributed by atoms with Gasteiger partial charge < -0.3 is 20.1 Å². The van der Waals surface area contributed by atoms with Crippen LogP contribution in [-0.4, -0.2) is 38.3 Å². The zero-order chi connectivity index (χ0) is 17.8. The van der Waals surface area contributed by atoms with E-state index in [1.807, 2.05) is 44.2 Å². The summed E-state index contributed by atoms with van der Waals surface area (Å²) in [5, 5.41) is 5.50. The van der Waals surface area contributed by atoms with Crippen LogP contribution in [0.5, 0.6) is 0 Å². The van der Waals surface area contributed by atoms with E-state index in [1.54, 1.807) is 7.11 Å². The van der Waals surface area contributed by atoms with Gasteiger partial charge in [0.05, 0.1) is 0 Å². The van der Waals surface area contributed by atoms with Crippen molar-refractivity contribution in [2.45, 2.75) is 39.3 Å². The van der Waals surface area contributed by atoms with Gasteiger partial charge in [-0.05, 0) is 17.9 Å². The first kappa shape index (κ1) is 20.0. The second-order valence-corrected chi connectivity index (χ2v) is 5.71. The lowest BCUT2D eigenvalue weighted by atomic mass is 9.98. The fourth-order valence-corrected chi connectivity index (χ4v) is 2.13. The zero-order valence-corrected chi connectivity index (χ0v) is 14.7. The predicted molar refractivity (Wildman–Crippen MR) is 92.5 cm³/mol. The molecule has 134 valence electrons. The summed E-state index contributed by atoms with van der Waals surface area (Å²) in [5.41, 5.74) is 0.900. The van der Waals surface area contributed by atoms with Gasteiger partial charge in [-0.2, -0.15) is 0 Å². The van der Waals surface area contributed by atoms with E-state index >= 15 is 0 Å². The van der Waals surface area contributed by atoms with E-state index in [-0.39, 0.29) is 18.4 Å². The van der Waals surface area contributed by atoms with Crippen molar-refractivity contribution in [1.82, 2.24) is 10.6 Å². The van der Waals surface area contributed by atoms with Crippen molar-refractivity contribution in [1.29, 1.82) is 0 Å². The predicted octanol–water partition coefficient (Wildman–Crippen LogP) is 2.48. The van der Waals surface area contributed by atoms with Crippen LogP contribution in [0.2, 0.25) is 0 Å². The van der Waals surface area contributed by atoms with Gasteiger partial charge in [0.2, 0.25) is 5.91 Å². The quantitative estimate of drug-likeness (QED) is 0.644. The molecule has 2 unspecified atom stereocenters. The monoisotopic (exact) mass is 336 g/mol. The first-order chi connectivity index (χ1) is 11.6. The molecule has 0 aliphatic rings. The van der Waals surface area contributed by atoms with E-state index in [1.165, 1.54) is 0 Å². The van der Waals surface area contributed by atoms with Gasteiger partial charge in [0.25, 0.3) is 0 Å². The Kier molecular flexibility index (Phi) is 9.53. The third-order valence-electron chi connectivity index (χ3n) is 3.81. The highest BCUT2D eigenvalue weighted by atomic mass is 16.5. The summed E-state index contributed by atoms with van der Waals surface area (Å²) in [6.07, 6.45) is 0.916. The highest BCUT2D eigenvalue weighted by Gasteiger charge is 2.26. The summed E-state index contributed by atoms with van der Waals surface area (Å²) in [6, 6.07) is 8.80. The molecule has 0 aromatic heterocycles. The van der Waals surface area contributed by atoms with Crippen LogP contribution in [0.15, 0.2) is 30.3 Å². The van der Waals surface area contributed by atoms with Crippen LogP contribution in [0.1, 0.15) is 32.3 Å². The third kappa shape index (κ3) is 7.46. The summed E-state index contributed by atoms with van der Waals surface area (Å²) in [7, 11) is 1.62. The molecular formula is C18H28N2O4. The zero-order valence-electron chi connectivity index (χ0n) is 14.7. The molecule has 1 aromatic rings. The number of amides is 2. The Morgan fingerprint density at radius 1 is 1.21 bits per heavy atom. The summed E-state index contributed by atoms with van der Waals surface area (Å²) in [6.45, 7) is 5.18. The Morgan fingerprint density at radius 2 is 1.92 bits per heavy atom. The lowest BCUT2D eigenvalue weighted by Gasteiger charge is -2.23. The molecular weight excluding hydrogens is 308 g/mol. The van der Waals surface area contributed by atoms with Crippen molar-refractivity contribution in [2.75, 3.05) is 20.3 Å². The van der Waals surface area contributed by atoms with Crippen molar-refractivity contribution in [3.05, 3.63) is 35.9 Å². The number of benzene rings is 1. The van der Waals surface area contributed by atoms with Crippen LogP contribution in [0.4, 0.5) is 4.79 Å². The van der Waals surface area contributed by atoms with E-state index in [9.17, 15) is 9.59 Å². The molecule has 0 fully saturated rings. The fraction of sp³-hybridized carbons (Fsp3) is 0.556. The molecule has 24 heavy (non-hydrogen) atoms. The number of hydrogen-bond donors (Lipinski definition) is 2. The highest BCUT2D eigenvalue weighted by molar-refractivity contribution is 5.85. The SMILES string of the molecule is CCC(C)C(NC(=O)OCc1ccccc1)C(=O)NCCCOC. The minimum absolute atomic E-state index is 0.0108. The van der Waals surface area contributed by atoms with Gasteiger partial charge in [0.15, 0.2) is 0 Å². The summed E-state index contributed by atoms with van der Waals surface area (Å²) in [4.78, 5) is 24.3. The summed E-state index contributed by atoms with van der Waals surface area (Å²) < 4.78 is 10.1. The standard InChI is InChI=1S/C18H28N2O4/c1-4-14(2)16(17(21)19-11-8-12-23-3)20-18(22)24-13-15-9-6-5-7-10-15/h5-7,9-10,14,16H,4,8,11-13H2,1-3H3,(H,19,21)(H,20,22). The average molecular weight is 336 g/mol. The second-order valence-electron chi connectivity index (χ2n) is 5.71. The van der Waals surface area contributed by atoms with Crippen molar-refractivity contribution >= 4 is 12.0 Å². The number of hydrogen-bond acceptors (Lipinski definition) is 4. The minimum atomic E-state index is -0.610. The molecule has 2 amide bonds. The Hall–Kier alpha value is -2.08. The first-order valence-electron chi connectivity index (χ1n) is 8.32. The molecule has 0 bridgehead atoms. The molecule has 2 atom stereocenters. The molecule has 0 saturated carbocycles. The number of alkyl carbamates (subject to hydrolysis) is 1. The summed E-state index contributed by atoms with van der Waals surface area (Å²) in [5.74, 6) is -0.186. The Bertz CT molecular complexity index is 493. The molecule has 0 saturated heterocycles. The van der Waals surface area contributed by atoms with E-state index in [0.717, 1.165) is 18.4 Å². The van der Waals surface area contributed by atoms with E-state index in [2.05, 4.69) is 10.6 Å². The number of nitrogens with one attached hydrogen (secondary N) is 2. The molecule has 6 nitrogen and oxygen atoms in total. The number of rotatable bonds is 10. The van der Waals surface area contributed by atoms with Gasteiger partial charge in [0, 0.05) is 20.3 Å². The molecule has 1 aromatic carbocycles. The van der Waals surface area contributed by atoms with Crippen molar-refractivity contribution in [3.8, 4) is 0 Å². The molecule has 0 heterocycles. The van der Waals surface area contributed by atoms with Crippen LogP contribution in [0, 0.1) is 5.92 Å². The lowest BCUT2D eigenvalue weighted by molar-refractivity contribution is -0.124. The van der Waals surface area contributed by atoms with Crippen molar-refractivity contribution < 1.29 is 19.1 Å². The van der Waals surface area contributed by atoms with Crippen molar-refractivity contribution in [2.24, 2.45) is 5.92 Å². The Morgan fingerprint density at radius 3 is 2.54 bits per heavy atom. The van der Waals surface area contributed by atoms with Crippen LogP contribution in [0.25, 0.3) is 0 Å². The molecule has 2 N–H and O–H groups in total. The smallest absolute Gasteiger partial charge is 0.408 e. The molecule has 0 radical (unpaired) electrons. The second kappa shape index (κ2) is 11.5. The highest BCUT2D eigenvalue weighted by Crippen LogP contribution is 2.09. The molecule has 1 rings (SSSR count). The van der Waals surface area contributed by atoms with Crippen LogP contribution >= 0.6 is 0 Å². The normalized spacial score (nSPS) is 13.0. The van der Waals surface area contributed by atoms with Gasteiger partial charge in [0.1, 0.15) is 12.6 Å². The van der Waals surface area contributed by atoms with Gasteiger partial charge >= 0.3 is 6.09 Å². The third-order valence-corrected chi connectivity index (χ3v) is 3.81. The van der Waals surface area contributed by atoms with Gasteiger partial charge in [-0.25, -0.2) is 4.79 Å². The van der Waals surface area contributed by atoms with Gasteiger partial charge in [-0.3, -0.25) is 4.79 Å². The first-order valence-corrected chi connectivity index (χ1v) is 8.32.